The number of thioether (sulfide) groups is 1. The van der Waals surface area contributed by atoms with Gasteiger partial charge in [0, 0.05) is 12.1 Å². The molecule has 0 unspecified atom stereocenters. The summed E-state index contributed by atoms with van der Waals surface area (Å²) in [6, 6.07) is 8.38. The van der Waals surface area contributed by atoms with Gasteiger partial charge in [-0.1, -0.05) is 49.9 Å². The van der Waals surface area contributed by atoms with E-state index in [2.05, 4.69) is 53.0 Å². The summed E-state index contributed by atoms with van der Waals surface area (Å²) in [5.74, 6) is 1.30. The van der Waals surface area contributed by atoms with Gasteiger partial charge in [0.25, 0.3) is 0 Å². The molecule has 0 amide bonds. The first-order chi connectivity index (χ1) is 10.6. The first kappa shape index (κ1) is 16.5. The predicted molar refractivity (Wildman–Crippen MR) is 88.0 cm³/mol. The Bertz CT molecular complexity index is 635. The van der Waals surface area contributed by atoms with Crippen molar-refractivity contribution < 1.29 is 9.53 Å². The maximum absolute atomic E-state index is 11.3. The average molecular weight is 319 g/mol. The lowest BCUT2D eigenvalue weighted by Crippen LogP contribution is -2.05. The lowest BCUT2D eigenvalue weighted by Gasteiger charge is -2.09. The van der Waals surface area contributed by atoms with E-state index in [0.717, 1.165) is 23.1 Å². The smallest absolute Gasteiger partial charge is 0.316 e. The second-order valence-electron chi connectivity index (χ2n) is 5.19. The second-order valence-corrected chi connectivity index (χ2v) is 6.13. The van der Waals surface area contributed by atoms with Gasteiger partial charge in [0.15, 0.2) is 11.0 Å². The number of carbonyl (C=O) groups is 1. The van der Waals surface area contributed by atoms with Crippen LogP contribution in [0.2, 0.25) is 0 Å². The molecule has 0 saturated carbocycles. The topological polar surface area (TPSA) is 57.0 Å². The fraction of sp³-hybridized carbons (Fsp3) is 0.438. The maximum Gasteiger partial charge on any atom is 0.316 e. The van der Waals surface area contributed by atoms with Crippen molar-refractivity contribution in [2.24, 2.45) is 0 Å². The van der Waals surface area contributed by atoms with Crippen LogP contribution in [0.4, 0.5) is 0 Å². The molecule has 22 heavy (non-hydrogen) atoms. The largest absolute Gasteiger partial charge is 0.468 e. The molecule has 0 fully saturated rings. The van der Waals surface area contributed by atoms with Crippen LogP contribution in [0.15, 0.2) is 29.4 Å². The zero-order chi connectivity index (χ0) is 16.1. The highest BCUT2D eigenvalue weighted by Crippen LogP contribution is 2.25. The molecule has 0 N–H and O–H groups in total. The van der Waals surface area contributed by atoms with Crippen LogP contribution < -0.4 is 0 Å². The molecule has 6 heteroatoms. The van der Waals surface area contributed by atoms with Gasteiger partial charge >= 0.3 is 5.97 Å². The molecule has 0 aliphatic heterocycles. The Balaban J connectivity index is 2.24. The molecule has 118 valence electrons. The van der Waals surface area contributed by atoms with Crippen LogP contribution in [0.25, 0.3) is 11.4 Å². The highest BCUT2D eigenvalue weighted by molar-refractivity contribution is 7.99. The molecule has 5 nitrogen and oxygen atoms in total. The van der Waals surface area contributed by atoms with E-state index < -0.39 is 0 Å². The monoisotopic (exact) mass is 319 g/mol. The van der Waals surface area contributed by atoms with Crippen molar-refractivity contribution in [3.8, 4) is 11.4 Å². The summed E-state index contributed by atoms with van der Waals surface area (Å²) in [5.41, 5.74) is 2.33. The Kier molecular flexibility index (Phi) is 5.60. The van der Waals surface area contributed by atoms with Crippen molar-refractivity contribution in [3.63, 3.8) is 0 Å². The molecule has 2 rings (SSSR count). The van der Waals surface area contributed by atoms with Gasteiger partial charge in [-0.15, -0.1) is 10.2 Å². The molecule has 0 atom stereocenters. The molecule has 0 aliphatic carbocycles. The highest BCUT2D eigenvalue weighted by Gasteiger charge is 2.14. The Morgan fingerprint density at radius 2 is 1.95 bits per heavy atom. The third kappa shape index (κ3) is 3.68. The zero-order valence-electron chi connectivity index (χ0n) is 13.4. The van der Waals surface area contributed by atoms with Crippen LogP contribution in [0.3, 0.4) is 0 Å². The van der Waals surface area contributed by atoms with Crippen molar-refractivity contribution in [3.05, 3.63) is 29.8 Å². The number of hydrogen-bond donors (Lipinski definition) is 0. The first-order valence-electron chi connectivity index (χ1n) is 7.30. The number of aromatic nitrogens is 3. The van der Waals surface area contributed by atoms with Crippen LogP contribution in [0, 0.1) is 0 Å². The summed E-state index contributed by atoms with van der Waals surface area (Å²) in [7, 11) is 1.38. The van der Waals surface area contributed by atoms with E-state index in [1.54, 1.807) is 0 Å². The van der Waals surface area contributed by atoms with E-state index in [-0.39, 0.29) is 11.7 Å². The van der Waals surface area contributed by atoms with Gasteiger partial charge < -0.3 is 9.30 Å². The van der Waals surface area contributed by atoms with E-state index in [9.17, 15) is 4.79 Å². The Labute approximate surface area is 135 Å². The molecule has 1 heterocycles. The fourth-order valence-corrected chi connectivity index (χ4v) is 2.93. The van der Waals surface area contributed by atoms with Crippen LogP contribution in [0.1, 0.15) is 32.3 Å². The molecular weight excluding hydrogens is 298 g/mol. The third-order valence-corrected chi connectivity index (χ3v) is 4.36. The summed E-state index contributed by atoms with van der Waals surface area (Å²) < 4.78 is 6.67. The lowest BCUT2D eigenvalue weighted by molar-refractivity contribution is -0.137. The van der Waals surface area contributed by atoms with E-state index in [1.807, 2.05) is 11.5 Å². The second kappa shape index (κ2) is 7.45. The van der Waals surface area contributed by atoms with Crippen molar-refractivity contribution in [2.45, 2.75) is 38.4 Å². The van der Waals surface area contributed by atoms with E-state index in [1.165, 1.54) is 24.4 Å². The summed E-state index contributed by atoms with van der Waals surface area (Å²) in [5, 5.41) is 9.20. The van der Waals surface area contributed by atoms with Gasteiger partial charge in [0.1, 0.15) is 0 Å². The van der Waals surface area contributed by atoms with Crippen LogP contribution >= 0.6 is 11.8 Å². The first-order valence-corrected chi connectivity index (χ1v) is 8.28. The van der Waals surface area contributed by atoms with E-state index in [4.69, 9.17) is 0 Å². The zero-order valence-corrected chi connectivity index (χ0v) is 14.2. The fourth-order valence-electron chi connectivity index (χ4n) is 2.09. The number of hydrogen-bond acceptors (Lipinski definition) is 5. The van der Waals surface area contributed by atoms with Gasteiger partial charge in [-0.25, -0.2) is 0 Å². The summed E-state index contributed by atoms with van der Waals surface area (Å²) in [4.78, 5) is 11.3. The minimum absolute atomic E-state index is 0.237. The van der Waals surface area contributed by atoms with Crippen LogP contribution in [-0.4, -0.2) is 33.6 Å². The number of esters is 1. The number of methoxy groups -OCH3 is 1. The number of carbonyl (C=O) groups excluding carboxylic acids is 1. The van der Waals surface area contributed by atoms with Crippen molar-refractivity contribution >= 4 is 17.7 Å². The highest BCUT2D eigenvalue weighted by atomic mass is 32.2. The maximum atomic E-state index is 11.3. The van der Waals surface area contributed by atoms with Crippen LogP contribution in [0.5, 0.6) is 0 Å². The van der Waals surface area contributed by atoms with Gasteiger partial charge in [0.05, 0.1) is 12.9 Å². The average Bonchev–Trinajstić information content (AvgIpc) is 2.95. The SMILES string of the molecule is CCn1c(SCC(=O)OC)nnc1-c1ccc(C(C)C)cc1. The normalized spacial score (nSPS) is 11.0. The number of benzene rings is 1. The quantitative estimate of drug-likeness (QED) is 0.603. The van der Waals surface area contributed by atoms with Crippen molar-refractivity contribution in [2.75, 3.05) is 12.9 Å². The lowest BCUT2D eigenvalue weighted by atomic mass is 10.0. The molecular formula is C16H21N3O2S. The molecule has 0 radical (unpaired) electrons. The van der Waals surface area contributed by atoms with Gasteiger partial charge in [-0.2, -0.15) is 0 Å². The number of rotatable bonds is 6. The molecule has 1 aromatic carbocycles. The summed E-state index contributed by atoms with van der Waals surface area (Å²) >= 11 is 1.34. The third-order valence-electron chi connectivity index (χ3n) is 3.42. The molecule has 2 aromatic rings. The minimum Gasteiger partial charge on any atom is -0.468 e. The molecule has 0 saturated heterocycles. The molecule has 0 aliphatic rings. The van der Waals surface area contributed by atoms with Gasteiger partial charge in [-0.05, 0) is 18.4 Å². The molecule has 0 bridgehead atoms. The number of ether oxygens (including phenoxy) is 1. The van der Waals surface area contributed by atoms with Gasteiger partial charge in [-0.3, -0.25) is 4.79 Å². The van der Waals surface area contributed by atoms with Crippen molar-refractivity contribution in [1.29, 1.82) is 0 Å². The molecule has 1 aromatic heterocycles. The van der Waals surface area contributed by atoms with Gasteiger partial charge in [0.2, 0.25) is 0 Å². The van der Waals surface area contributed by atoms with E-state index >= 15 is 0 Å². The standard InChI is InChI=1S/C16H21N3O2S/c1-5-19-15(13-8-6-12(7-9-13)11(2)3)17-18-16(19)22-10-14(20)21-4/h6-9,11H,5,10H2,1-4H3. The Morgan fingerprint density at radius 1 is 1.27 bits per heavy atom. The Hall–Kier alpha value is -1.82. The summed E-state index contributed by atoms with van der Waals surface area (Å²) in [6.07, 6.45) is 0. The number of nitrogens with zero attached hydrogens (tertiary/aromatic N) is 3. The summed E-state index contributed by atoms with van der Waals surface area (Å²) in [6.45, 7) is 7.13. The predicted octanol–water partition coefficient (Wildman–Crippen LogP) is 3.35. The van der Waals surface area contributed by atoms with Crippen molar-refractivity contribution in [1.82, 2.24) is 14.8 Å². The Morgan fingerprint density at radius 3 is 2.50 bits per heavy atom. The van der Waals surface area contributed by atoms with Crippen LogP contribution in [-0.2, 0) is 16.1 Å². The van der Waals surface area contributed by atoms with E-state index in [0.29, 0.717) is 5.92 Å². The minimum atomic E-state index is -0.265. The molecule has 0 spiro atoms.